The zero-order valence-electron chi connectivity index (χ0n) is 11.6. The fraction of sp³-hybridized carbons (Fsp3) is 0.385. The van der Waals surface area contributed by atoms with Crippen LogP contribution in [0.4, 0.5) is 22.0 Å². The second kappa shape index (κ2) is 8.01. The Kier molecular flexibility index (Phi) is 6.62. The zero-order valence-corrected chi connectivity index (χ0v) is 12.4. The van der Waals surface area contributed by atoms with Crippen LogP contribution in [0.25, 0.3) is 0 Å². The quantitative estimate of drug-likeness (QED) is 0.440. The molecule has 0 aliphatic rings. The molecule has 10 heteroatoms. The lowest BCUT2D eigenvalue weighted by Crippen LogP contribution is -2.12. The fourth-order valence-corrected chi connectivity index (χ4v) is 2.35. The molecule has 0 atom stereocenters. The van der Waals surface area contributed by atoms with E-state index in [1.165, 1.54) is 6.92 Å². The first-order valence-electron chi connectivity index (χ1n) is 6.09. The molecule has 4 nitrogen and oxygen atoms in total. The summed E-state index contributed by atoms with van der Waals surface area (Å²) in [5.74, 6) is -1.64. The number of alkyl halides is 5. The highest BCUT2D eigenvalue weighted by Gasteiger charge is 2.33. The molecule has 1 rings (SSSR count). The minimum atomic E-state index is -4.78. The summed E-state index contributed by atoms with van der Waals surface area (Å²) < 4.78 is 71.4. The van der Waals surface area contributed by atoms with Crippen molar-refractivity contribution in [3.05, 3.63) is 23.3 Å². The Morgan fingerprint density at radius 2 is 2.04 bits per heavy atom. The van der Waals surface area contributed by atoms with Crippen LogP contribution in [0.1, 0.15) is 18.1 Å². The van der Waals surface area contributed by atoms with Crippen LogP contribution in [-0.4, -0.2) is 24.7 Å². The Labute approximate surface area is 132 Å². The van der Waals surface area contributed by atoms with Crippen molar-refractivity contribution < 1.29 is 36.2 Å². The molecule has 0 amide bonds. The van der Waals surface area contributed by atoms with Gasteiger partial charge in [-0.1, -0.05) is 0 Å². The molecule has 0 heterocycles. The van der Waals surface area contributed by atoms with Crippen molar-refractivity contribution in [1.29, 1.82) is 5.26 Å². The monoisotopic (exact) mass is 355 g/mol. The number of thioether (sulfide) groups is 1. The summed E-state index contributed by atoms with van der Waals surface area (Å²) in [5.41, 5.74) is -5.29. The van der Waals surface area contributed by atoms with Crippen LogP contribution >= 0.6 is 11.8 Å². The molecule has 0 N–H and O–H groups in total. The highest BCUT2D eigenvalue weighted by molar-refractivity contribution is 8.00. The minimum absolute atomic E-state index is 0.00592. The summed E-state index contributed by atoms with van der Waals surface area (Å²) >= 11 is -0.708. The summed E-state index contributed by atoms with van der Waals surface area (Å²) in [6, 6.07) is 3.38. The van der Waals surface area contributed by atoms with Gasteiger partial charge in [0.05, 0.1) is 29.6 Å². The van der Waals surface area contributed by atoms with Gasteiger partial charge in [-0.25, -0.2) is 0 Å². The van der Waals surface area contributed by atoms with Crippen LogP contribution in [0.5, 0.6) is 5.75 Å². The van der Waals surface area contributed by atoms with E-state index in [-0.39, 0.29) is 17.7 Å². The molecule has 1 aromatic carbocycles. The van der Waals surface area contributed by atoms with E-state index in [1.54, 1.807) is 6.07 Å². The summed E-state index contributed by atoms with van der Waals surface area (Å²) in [6.45, 7) is -1.88. The lowest BCUT2D eigenvalue weighted by atomic mass is 10.1. The Bertz CT molecular complexity index is 613. The van der Waals surface area contributed by atoms with Crippen LogP contribution in [0.2, 0.25) is 0 Å². The third-order valence-corrected chi connectivity index (χ3v) is 3.09. The number of benzene rings is 1. The molecule has 0 aliphatic heterocycles. The second-order valence-electron chi connectivity index (χ2n) is 3.98. The average molecular weight is 355 g/mol. The van der Waals surface area contributed by atoms with Gasteiger partial charge in [0.15, 0.2) is 0 Å². The maximum atomic E-state index is 12.6. The van der Waals surface area contributed by atoms with E-state index in [0.717, 1.165) is 12.1 Å². The van der Waals surface area contributed by atoms with Crippen molar-refractivity contribution in [3.8, 4) is 11.8 Å². The van der Waals surface area contributed by atoms with Gasteiger partial charge in [-0.05, 0) is 30.8 Å². The predicted octanol–water partition coefficient (Wildman–Crippen LogP) is 3.88. The van der Waals surface area contributed by atoms with Crippen molar-refractivity contribution in [2.24, 2.45) is 0 Å². The van der Waals surface area contributed by atoms with Gasteiger partial charge in [0.2, 0.25) is 0 Å². The van der Waals surface area contributed by atoms with Gasteiger partial charge in [0.25, 0.3) is 0 Å². The molecule has 0 saturated carbocycles. The molecule has 0 bridgehead atoms. The molecule has 1 aromatic rings. The molecular formula is C13H10F5NO3S. The van der Waals surface area contributed by atoms with E-state index in [1.807, 2.05) is 0 Å². The predicted molar refractivity (Wildman–Crippen MR) is 70.0 cm³/mol. The van der Waals surface area contributed by atoms with Gasteiger partial charge in [-0.3, -0.25) is 4.79 Å². The van der Waals surface area contributed by atoms with E-state index in [2.05, 4.69) is 9.47 Å². The van der Waals surface area contributed by atoms with Crippen molar-refractivity contribution in [2.45, 2.75) is 30.4 Å². The topological polar surface area (TPSA) is 59.3 Å². The van der Waals surface area contributed by atoms with Crippen molar-refractivity contribution >= 4 is 17.7 Å². The van der Waals surface area contributed by atoms with Crippen LogP contribution < -0.4 is 4.74 Å². The van der Waals surface area contributed by atoms with E-state index in [9.17, 15) is 26.7 Å². The van der Waals surface area contributed by atoms with Gasteiger partial charge in [-0.15, -0.1) is 0 Å². The molecule has 0 unspecified atom stereocenters. The molecule has 0 aromatic heterocycles. The highest BCUT2D eigenvalue weighted by atomic mass is 32.2. The number of hydrogen-bond donors (Lipinski definition) is 0. The van der Waals surface area contributed by atoms with Crippen LogP contribution in [0.15, 0.2) is 17.0 Å². The number of halogens is 5. The van der Waals surface area contributed by atoms with Gasteiger partial charge in [0.1, 0.15) is 5.75 Å². The summed E-state index contributed by atoms with van der Waals surface area (Å²) in [7, 11) is 0. The van der Waals surface area contributed by atoms with E-state index >= 15 is 0 Å². The Balaban J connectivity index is 3.36. The van der Waals surface area contributed by atoms with Gasteiger partial charge in [0, 0.05) is 5.56 Å². The van der Waals surface area contributed by atoms with E-state index < -0.39 is 46.9 Å². The first-order valence-corrected chi connectivity index (χ1v) is 6.91. The van der Waals surface area contributed by atoms with Crippen LogP contribution in [-0.2, 0) is 16.0 Å². The number of carbonyl (C=O) groups is 1. The van der Waals surface area contributed by atoms with Crippen molar-refractivity contribution in [3.63, 3.8) is 0 Å². The SMILES string of the molecule is CCOC(=O)Cc1cc(C#N)cc(SC(F)(F)F)c1OC(F)F. The number of rotatable bonds is 6. The molecule has 126 valence electrons. The molecule has 23 heavy (non-hydrogen) atoms. The molecular weight excluding hydrogens is 345 g/mol. The number of ether oxygens (including phenoxy) is 2. The molecule has 0 fully saturated rings. The standard InChI is InChI=1S/C13H10F5NO3S/c1-2-21-10(20)5-8-3-7(6-19)4-9(23-13(16,17)18)11(8)22-12(14)15/h3-4,12H,2,5H2,1H3. The lowest BCUT2D eigenvalue weighted by Gasteiger charge is -2.16. The third kappa shape index (κ3) is 6.32. The van der Waals surface area contributed by atoms with Gasteiger partial charge in [-0.2, -0.15) is 27.2 Å². The number of esters is 1. The maximum Gasteiger partial charge on any atom is 0.446 e. The molecule has 0 saturated heterocycles. The summed E-state index contributed by atoms with van der Waals surface area (Å²) in [4.78, 5) is 10.7. The second-order valence-corrected chi connectivity index (χ2v) is 5.09. The molecule has 0 spiro atoms. The highest BCUT2D eigenvalue weighted by Crippen LogP contribution is 2.44. The first kappa shape index (κ1) is 19.0. The Morgan fingerprint density at radius 1 is 1.39 bits per heavy atom. The molecule has 0 aliphatic carbocycles. The molecule has 0 radical (unpaired) electrons. The number of nitrogens with zero attached hydrogens (tertiary/aromatic N) is 1. The first-order chi connectivity index (χ1) is 10.7. The third-order valence-electron chi connectivity index (χ3n) is 2.33. The van der Waals surface area contributed by atoms with E-state index in [4.69, 9.17) is 5.26 Å². The van der Waals surface area contributed by atoms with Crippen LogP contribution in [0.3, 0.4) is 0 Å². The normalized spacial score (nSPS) is 11.2. The number of carbonyl (C=O) groups excluding carboxylic acids is 1. The van der Waals surface area contributed by atoms with Gasteiger partial charge < -0.3 is 9.47 Å². The summed E-state index contributed by atoms with van der Waals surface area (Å²) in [6.07, 6.45) is -0.600. The average Bonchev–Trinajstić information content (AvgIpc) is 2.40. The summed E-state index contributed by atoms with van der Waals surface area (Å²) in [5, 5.41) is 8.85. The zero-order chi connectivity index (χ0) is 17.6. The fourth-order valence-electron chi connectivity index (χ4n) is 1.65. The Hall–Kier alpha value is -2.02. The van der Waals surface area contributed by atoms with E-state index in [0.29, 0.717) is 0 Å². The smallest absolute Gasteiger partial charge is 0.446 e. The minimum Gasteiger partial charge on any atom is -0.466 e. The Morgan fingerprint density at radius 3 is 2.52 bits per heavy atom. The van der Waals surface area contributed by atoms with Crippen LogP contribution in [0, 0.1) is 11.3 Å². The number of hydrogen-bond acceptors (Lipinski definition) is 5. The maximum absolute atomic E-state index is 12.6. The number of nitriles is 1. The van der Waals surface area contributed by atoms with Crippen molar-refractivity contribution in [1.82, 2.24) is 0 Å². The lowest BCUT2D eigenvalue weighted by molar-refractivity contribution is -0.142. The van der Waals surface area contributed by atoms with Crippen molar-refractivity contribution in [2.75, 3.05) is 6.61 Å². The largest absolute Gasteiger partial charge is 0.466 e. The van der Waals surface area contributed by atoms with Gasteiger partial charge >= 0.3 is 18.1 Å².